The van der Waals surface area contributed by atoms with E-state index in [1.54, 1.807) is 11.3 Å². The number of rotatable bonds is 3. The van der Waals surface area contributed by atoms with Crippen LogP contribution in [-0.4, -0.2) is 7.05 Å². The molecule has 0 atom stereocenters. The van der Waals surface area contributed by atoms with Gasteiger partial charge in [-0.2, -0.15) is 0 Å². The lowest BCUT2D eigenvalue weighted by molar-refractivity contribution is 0.941. The third-order valence-electron chi connectivity index (χ3n) is 2.69. The summed E-state index contributed by atoms with van der Waals surface area (Å²) in [6.07, 6.45) is 0. The number of thiophene rings is 1. The van der Waals surface area contributed by atoms with E-state index in [1.165, 1.54) is 4.88 Å². The van der Waals surface area contributed by atoms with Crippen LogP contribution in [0.3, 0.4) is 0 Å². The van der Waals surface area contributed by atoms with E-state index in [1.807, 2.05) is 19.1 Å². The zero-order valence-electron chi connectivity index (χ0n) is 9.60. The van der Waals surface area contributed by atoms with Gasteiger partial charge < -0.3 is 10.6 Å². The maximum absolute atomic E-state index is 6.07. The third kappa shape index (κ3) is 2.19. The van der Waals surface area contributed by atoms with Crippen LogP contribution >= 0.6 is 11.3 Å². The molecule has 1 aromatic heterocycles. The number of hydrogen-bond donors (Lipinski definition) is 1. The van der Waals surface area contributed by atoms with Crippen molar-refractivity contribution in [3.05, 3.63) is 46.2 Å². The molecule has 0 aliphatic heterocycles. The lowest BCUT2D eigenvalue weighted by atomic mass is 10.1. The first-order valence-corrected chi connectivity index (χ1v) is 6.15. The molecule has 2 rings (SSSR count). The Hall–Kier alpha value is -1.48. The van der Waals surface area contributed by atoms with Crippen LogP contribution in [0.1, 0.15) is 10.4 Å². The molecule has 1 heterocycles. The van der Waals surface area contributed by atoms with Gasteiger partial charge in [-0.05, 0) is 30.0 Å². The number of hydrogen-bond acceptors (Lipinski definition) is 3. The Bertz CT molecular complexity index is 463. The molecule has 16 heavy (non-hydrogen) atoms. The van der Waals surface area contributed by atoms with E-state index >= 15 is 0 Å². The van der Waals surface area contributed by atoms with Gasteiger partial charge in [-0.3, -0.25) is 0 Å². The van der Waals surface area contributed by atoms with Gasteiger partial charge in [0.1, 0.15) is 0 Å². The van der Waals surface area contributed by atoms with E-state index in [0.717, 1.165) is 23.5 Å². The van der Waals surface area contributed by atoms with E-state index < -0.39 is 0 Å². The minimum absolute atomic E-state index is 0.876. The first-order chi connectivity index (χ1) is 7.68. The number of nitrogens with zero attached hydrogens (tertiary/aromatic N) is 1. The standard InChI is InChI=1S/C13H16N2S/c1-10-5-3-7-12(13(10)14)15(2)9-11-6-4-8-16-11/h3-8H,9,14H2,1-2H3. The van der Waals surface area contributed by atoms with Crippen LogP contribution in [0.5, 0.6) is 0 Å². The van der Waals surface area contributed by atoms with Crippen LogP contribution in [0, 0.1) is 6.92 Å². The average molecular weight is 232 g/mol. The highest BCUT2D eigenvalue weighted by atomic mass is 32.1. The van der Waals surface area contributed by atoms with Crippen molar-refractivity contribution in [2.24, 2.45) is 0 Å². The van der Waals surface area contributed by atoms with Gasteiger partial charge in [0.2, 0.25) is 0 Å². The first kappa shape index (κ1) is 11.0. The number of nitrogens with two attached hydrogens (primary N) is 1. The Labute approximate surface area is 100 Å². The van der Waals surface area contributed by atoms with Crippen molar-refractivity contribution >= 4 is 22.7 Å². The second-order valence-corrected chi connectivity index (χ2v) is 4.98. The van der Waals surface area contributed by atoms with E-state index in [4.69, 9.17) is 5.73 Å². The minimum Gasteiger partial charge on any atom is -0.397 e. The zero-order chi connectivity index (χ0) is 11.5. The quantitative estimate of drug-likeness (QED) is 0.823. The van der Waals surface area contributed by atoms with E-state index in [0.29, 0.717) is 0 Å². The van der Waals surface area contributed by atoms with Gasteiger partial charge in [-0.1, -0.05) is 18.2 Å². The lowest BCUT2D eigenvalue weighted by Crippen LogP contribution is -2.17. The molecule has 2 nitrogen and oxygen atoms in total. The molecule has 0 saturated heterocycles. The molecular formula is C13H16N2S. The molecule has 84 valence electrons. The second kappa shape index (κ2) is 4.58. The Kier molecular flexibility index (Phi) is 3.15. The van der Waals surface area contributed by atoms with Crippen molar-refractivity contribution in [1.29, 1.82) is 0 Å². The van der Waals surface area contributed by atoms with Gasteiger partial charge in [0.25, 0.3) is 0 Å². The summed E-state index contributed by atoms with van der Waals surface area (Å²) >= 11 is 1.77. The van der Waals surface area contributed by atoms with Crippen molar-refractivity contribution < 1.29 is 0 Å². The largest absolute Gasteiger partial charge is 0.397 e. The van der Waals surface area contributed by atoms with Crippen molar-refractivity contribution in [3.63, 3.8) is 0 Å². The van der Waals surface area contributed by atoms with Gasteiger partial charge in [0.15, 0.2) is 0 Å². The molecule has 0 fully saturated rings. The molecule has 0 bridgehead atoms. The molecule has 0 spiro atoms. The summed E-state index contributed by atoms with van der Waals surface area (Å²) in [5.41, 5.74) is 9.19. The van der Waals surface area contributed by atoms with Crippen molar-refractivity contribution in [3.8, 4) is 0 Å². The maximum atomic E-state index is 6.07. The highest BCUT2D eigenvalue weighted by Crippen LogP contribution is 2.26. The molecule has 2 N–H and O–H groups in total. The van der Waals surface area contributed by atoms with Crippen molar-refractivity contribution in [1.82, 2.24) is 0 Å². The Balaban J connectivity index is 2.21. The molecular weight excluding hydrogens is 216 g/mol. The predicted molar refractivity (Wildman–Crippen MR) is 72.0 cm³/mol. The first-order valence-electron chi connectivity index (χ1n) is 5.27. The summed E-state index contributed by atoms with van der Waals surface area (Å²) in [6.45, 7) is 2.95. The van der Waals surface area contributed by atoms with E-state index in [9.17, 15) is 0 Å². The van der Waals surface area contributed by atoms with Crippen LogP contribution in [0.15, 0.2) is 35.7 Å². The van der Waals surface area contributed by atoms with Crippen LogP contribution in [0.2, 0.25) is 0 Å². The van der Waals surface area contributed by atoms with Crippen LogP contribution in [-0.2, 0) is 6.54 Å². The van der Waals surface area contributed by atoms with Gasteiger partial charge >= 0.3 is 0 Å². The Morgan fingerprint density at radius 2 is 2.06 bits per heavy atom. The number of aryl methyl sites for hydroxylation is 1. The van der Waals surface area contributed by atoms with Crippen molar-refractivity contribution in [2.75, 3.05) is 17.7 Å². The van der Waals surface area contributed by atoms with Gasteiger partial charge in [0.05, 0.1) is 17.9 Å². The summed E-state index contributed by atoms with van der Waals surface area (Å²) < 4.78 is 0. The molecule has 0 aliphatic carbocycles. The topological polar surface area (TPSA) is 29.3 Å². The fourth-order valence-corrected chi connectivity index (χ4v) is 2.48. The highest BCUT2D eigenvalue weighted by molar-refractivity contribution is 7.09. The summed E-state index contributed by atoms with van der Waals surface area (Å²) in [5, 5.41) is 2.10. The molecule has 0 radical (unpaired) electrons. The number of benzene rings is 1. The molecule has 1 aromatic carbocycles. The van der Waals surface area contributed by atoms with E-state index in [-0.39, 0.29) is 0 Å². The smallest absolute Gasteiger partial charge is 0.0603 e. The molecule has 2 aromatic rings. The van der Waals surface area contributed by atoms with Crippen LogP contribution in [0.25, 0.3) is 0 Å². The highest BCUT2D eigenvalue weighted by Gasteiger charge is 2.07. The maximum Gasteiger partial charge on any atom is 0.0603 e. The van der Waals surface area contributed by atoms with Crippen LogP contribution in [0.4, 0.5) is 11.4 Å². The third-order valence-corrected chi connectivity index (χ3v) is 3.55. The number of para-hydroxylation sites is 1. The fourth-order valence-electron chi connectivity index (χ4n) is 1.72. The normalized spacial score (nSPS) is 10.4. The minimum atomic E-state index is 0.876. The van der Waals surface area contributed by atoms with Gasteiger partial charge in [0, 0.05) is 11.9 Å². The van der Waals surface area contributed by atoms with Crippen molar-refractivity contribution in [2.45, 2.75) is 13.5 Å². The Morgan fingerprint density at radius 3 is 2.75 bits per heavy atom. The fraction of sp³-hybridized carbons (Fsp3) is 0.231. The number of nitrogen functional groups attached to an aromatic ring is 1. The molecule has 0 aliphatic rings. The predicted octanol–water partition coefficient (Wildman–Crippen LogP) is 3.28. The molecule has 3 heteroatoms. The zero-order valence-corrected chi connectivity index (χ0v) is 10.4. The van der Waals surface area contributed by atoms with Gasteiger partial charge in [-0.15, -0.1) is 11.3 Å². The summed E-state index contributed by atoms with van der Waals surface area (Å²) in [4.78, 5) is 3.54. The number of anilines is 2. The molecule has 0 unspecified atom stereocenters. The summed E-state index contributed by atoms with van der Waals surface area (Å²) in [5.74, 6) is 0. The van der Waals surface area contributed by atoms with E-state index in [2.05, 4.69) is 35.5 Å². The SMILES string of the molecule is Cc1cccc(N(C)Cc2cccs2)c1N. The summed E-state index contributed by atoms with van der Waals surface area (Å²) in [6, 6.07) is 10.4. The van der Waals surface area contributed by atoms with Crippen LogP contribution < -0.4 is 10.6 Å². The molecule has 0 amide bonds. The average Bonchev–Trinajstić information content (AvgIpc) is 2.74. The summed E-state index contributed by atoms with van der Waals surface area (Å²) in [7, 11) is 2.07. The van der Waals surface area contributed by atoms with Gasteiger partial charge in [-0.25, -0.2) is 0 Å². The second-order valence-electron chi connectivity index (χ2n) is 3.94. The Morgan fingerprint density at radius 1 is 1.25 bits per heavy atom. The monoisotopic (exact) mass is 232 g/mol. The molecule has 0 saturated carbocycles. The lowest BCUT2D eigenvalue weighted by Gasteiger charge is -2.21.